The number of piperazine rings is 1. The van der Waals surface area contributed by atoms with Crippen molar-refractivity contribution in [2.24, 2.45) is 0 Å². The molecule has 0 radical (unpaired) electrons. The van der Waals surface area contributed by atoms with Gasteiger partial charge < -0.3 is 9.80 Å². The highest BCUT2D eigenvalue weighted by Crippen LogP contribution is 2.24. The Morgan fingerprint density at radius 2 is 1.76 bits per heavy atom. The van der Waals surface area contributed by atoms with Crippen molar-refractivity contribution in [1.82, 2.24) is 4.90 Å². The molecule has 1 fully saturated rings. The number of amides is 1. The van der Waals surface area contributed by atoms with E-state index < -0.39 is 0 Å². The van der Waals surface area contributed by atoms with E-state index in [9.17, 15) is 9.18 Å². The van der Waals surface area contributed by atoms with Crippen molar-refractivity contribution in [2.75, 3.05) is 36.8 Å². The molecule has 0 spiro atoms. The SMILES string of the molecule is O=C(CSCc1c(F)cccc1Cl)N1CCN(c2ccccc2)CC1. The lowest BCUT2D eigenvalue weighted by Crippen LogP contribution is -2.49. The van der Waals surface area contributed by atoms with Gasteiger partial charge in [0.15, 0.2) is 0 Å². The molecular formula is C19H20ClFN2OS. The third kappa shape index (κ3) is 4.67. The van der Waals surface area contributed by atoms with Crippen molar-refractivity contribution in [3.63, 3.8) is 0 Å². The van der Waals surface area contributed by atoms with E-state index in [0.29, 0.717) is 22.1 Å². The largest absolute Gasteiger partial charge is 0.368 e. The average Bonchev–Trinajstić information content (AvgIpc) is 2.65. The summed E-state index contributed by atoms with van der Waals surface area (Å²) in [5, 5.41) is 0.413. The van der Waals surface area contributed by atoms with Crippen LogP contribution in [0.5, 0.6) is 0 Å². The molecule has 1 aliphatic heterocycles. The van der Waals surface area contributed by atoms with Crippen LogP contribution >= 0.6 is 23.4 Å². The zero-order valence-electron chi connectivity index (χ0n) is 13.8. The molecule has 0 N–H and O–H groups in total. The number of carbonyl (C=O) groups excluding carboxylic acids is 1. The summed E-state index contributed by atoms with van der Waals surface area (Å²) < 4.78 is 13.7. The molecule has 1 amide bonds. The van der Waals surface area contributed by atoms with E-state index in [4.69, 9.17) is 11.6 Å². The van der Waals surface area contributed by atoms with Gasteiger partial charge in [0.25, 0.3) is 0 Å². The van der Waals surface area contributed by atoms with Crippen LogP contribution in [0.4, 0.5) is 10.1 Å². The number of halogens is 2. The third-order valence-corrected chi connectivity index (χ3v) is 5.59. The van der Waals surface area contributed by atoms with E-state index in [2.05, 4.69) is 17.0 Å². The van der Waals surface area contributed by atoms with E-state index >= 15 is 0 Å². The van der Waals surface area contributed by atoms with Crippen LogP contribution in [-0.2, 0) is 10.5 Å². The second-order valence-electron chi connectivity index (χ2n) is 5.90. The Balaban J connectivity index is 1.45. The van der Waals surface area contributed by atoms with Crippen LogP contribution in [0.2, 0.25) is 5.02 Å². The molecule has 0 atom stereocenters. The average molecular weight is 379 g/mol. The van der Waals surface area contributed by atoms with Crippen molar-refractivity contribution >= 4 is 35.0 Å². The molecular weight excluding hydrogens is 359 g/mol. The monoisotopic (exact) mass is 378 g/mol. The first-order valence-corrected chi connectivity index (χ1v) is 9.77. The molecule has 1 aliphatic rings. The first-order chi connectivity index (χ1) is 12.1. The van der Waals surface area contributed by atoms with Crippen LogP contribution in [0.1, 0.15) is 5.56 Å². The minimum Gasteiger partial charge on any atom is -0.368 e. The van der Waals surface area contributed by atoms with Crippen molar-refractivity contribution < 1.29 is 9.18 Å². The lowest BCUT2D eigenvalue weighted by atomic mass is 10.2. The maximum atomic E-state index is 13.7. The van der Waals surface area contributed by atoms with Gasteiger partial charge in [-0.25, -0.2) is 4.39 Å². The summed E-state index contributed by atoms with van der Waals surface area (Å²) in [6.45, 7) is 3.10. The fourth-order valence-electron chi connectivity index (χ4n) is 2.85. The summed E-state index contributed by atoms with van der Waals surface area (Å²) in [7, 11) is 0. The van der Waals surface area contributed by atoms with Gasteiger partial charge in [-0.15, -0.1) is 11.8 Å². The predicted octanol–water partition coefficient (Wildman–Crippen LogP) is 4.06. The van der Waals surface area contributed by atoms with Gasteiger partial charge in [-0.1, -0.05) is 35.9 Å². The van der Waals surface area contributed by atoms with Gasteiger partial charge in [0.2, 0.25) is 5.91 Å². The maximum Gasteiger partial charge on any atom is 0.232 e. The second kappa shape index (κ2) is 8.59. The van der Waals surface area contributed by atoms with E-state index in [1.165, 1.54) is 23.5 Å². The summed E-state index contributed by atoms with van der Waals surface area (Å²) in [4.78, 5) is 16.5. The quantitative estimate of drug-likeness (QED) is 0.783. The van der Waals surface area contributed by atoms with Gasteiger partial charge in [-0.2, -0.15) is 0 Å². The Bertz CT molecular complexity index is 700. The molecule has 0 unspecified atom stereocenters. The van der Waals surface area contributed by atoms with Crippen LogP contribution in [-0.4, -0.2) is 42.7 Å². The Morgan fingerprint density at radius 3 is 2.44 bits per heavy atom. The van der Waals surface area contributed by atoms with Crippen LogP contribution < -0.4 is 4.90 Å². The number of benzene rings is 2. The van der Waals surface area contributed by atoms with E-state index in [1.54, 1.807) is 12.1 Å². The van der Waals surface area contributed by atoms with Gasteiger partial charge in [0.1, 0.15) is 5.82 Å². The van der Waals surface area contributed by atoms with Crippen LogP contribution in [0.25, 0.3) is 0 Å². The van der Waals surface area contributed by atoms with Gasteiger partial charge in [0, 0.05) is 48.2 Å². The first kappa shape index (κ1) is 18.1. The summed E-state index contributed by atoms with van der Waals surface area (Å²) in [6.07, 6.45) is 0. The molecule has 1 saturated heterocycles. The number of carbonyl (C=O) groups is 1. The topological polar surface area (TPSA) is 23.6 Å². The van der Waals surface area contributed by atoms with Crippen LogP contribution in [0.15, 0.2) is 48.5 Å². The van der Waals surface area contributed by atoms with Crippen molar-refractivity contribution in [2.45, 2.75) is 5.75 Å². The molecule has 0 aromatic heterocycles. The Morgan fingerprint density at radius 1 is 1.04 bits per heavy atom. The number of hydrogen-bond donors (Lipinski definition) is 0. The molecule has 1 heterocycles. The normalized spacial score (nSPS) is 14.6. The number of hydrogen-bond acceptors (Lipinski definition) is 3. The standard InChI is InChI=1S/C19H20ClFN2OS/c20-17-7-4-8-18(21)16(17)13-25-14-19(24)23-11-9-22(10-12-23)15-5-2-1-3-6-15/h1-8H,9-14H2. The molecule has 0 aliphatic carbocycles. The van der Waals surface area contributed by atoms with Crippen molar-refractivity contribution in [3.8, 4) is 0 Å². The maximum absolute atomic E-state index is 13.7. The van der Waals surface area contributed by atoms with Crippen molar-refractivity contribution in [3.05, 3.63) is 64.9 Å². The van der Waals surface area contributed by atoms with E-state index in [-0.39, 0.29) is 11.7 Å². The lowest BCUT2D eigenvalue weighted by molar-refractivity contribution is -0.128. The summed E-state index contributed by atoms with van der Waals surface area (Å²) >= 11 is 7.42. The second-order valence-corrected chi connectivity index (χ2v) is 7.29. The summed E-state index contributed by atoms with van der Waals surface area (Å²) in [5.41, 5.74) is 1.66. The van der Waals surface area contributed by atoms with Crippen LogP contribution in [0.3, 0.4) is 0 Å². The fourth-order valence-corrected chi connectivity index (χ4v) is 4.12. The molecule has 3 rings (SSSR count). The zero-order valence-corrected chi connectivity index (χ0v) is 15.4. The molecule has 2 aromatic rings. The number of anilines is 1. The minimum atomic E-state index is -0.316. The van der Waals surface area contributed by atoms with E-state index in [0.717, 1.165) is 26.2 Å². The molecule has 132 valence electrons. The Hall–Kier alpha value is -1.72. The molecule has 2 aromatic carbocycles. The predicted molar refractivity (Wildman–Crippen MR) is 103 cm³/mol. The first-order valence-electron chi connectivity index (χ1n) is 8.23. The fraction of sp³-hybridized carbons (Fsp3) is 0.316. The highest BCUT2D eigenvalue weighted by molar-refractivity contribution is 7.99. The minimum absolute atomic E-state index is 0.102. The summed E-state index contributed by atoms with van der Waals surface area (Å²) in [5.74, 6) is 0.533. The third-order valence-electron chi connectivity index (χ3n) is 4.29. The van der Waals surface area contributed by atoms with Gasteiger partial charge >= 0.3 is 0 Å². The molecule has 0 saturated carbocycles. The molecule has 0 bridgehead atoms. The smallest absolute Gasteiger partial charge is 0.232 e. The number of nitrogens with zero attached hydrogens (tertiary/aromatic N) is 2. The Labute approximate surface area is 156 Å². The van der Waals surface area contributed by atoms with Crippen molar-refractivity contribution in [1.29, 1.82) is 0 Å². The zero-order chi connectivity index (χ0) is 17.6. The van der Waals surface area contributed by atoms with Gasteiger partial charge in [-0.3, -0.25) is 4.79 Å². The van der Waals surface area contributed by atoms with Gasteiger partial charge in [-0.05, 0) is 24.3 Å². The highest BCUT2D eigenvalue weighted by atomic mass is 35.5. The molecule has 6 heteroatoms. The molecule has 3 nitrogen and oxygen atoms in total. The van der Waals surface area contributed by atoms with Gasteiger partial charge in [0.05, 0.1) is 5.75 Å². The lowest BCUT2D eigenvalue weighted by Gasteiger charge is -2.36. The van der Waals surface area contributed by atoms with Crippen LogP contribution in [0, 0.1) is 5.82 Å². The number of thioether (sulfide) groups is 1. The van der Waals surface area contributed by atoms with E-state index in [1.807, 2.05) is 23.1 Å². The Kier molecular flexibility index (Phi) is 6.21. The number of rotatable bonds is 5. The highest BCUT2D eigenvalue weighted by Gasteiger charge is 2.21. The molecule has 25 heavy (non-hydrogen) atoms. The summed E-state index contributed by atoms with van der Waals surface area (Å²) in [6, 6.07) is 14.9. The number of para-hydroxylation sites is 1.